The minimum Gasteiger partial charge on any atom is -0.318 e. The number of nitriles is 1. The summed E-state index contributed by atoms with van der Waals surface area (Å²) in [6.07, 6.45) is 0. The SMILES string of the molecule is Cc1nn(CC(=O)c2cc(C)n(-c3ccc(C(C)(C)C)cc3)c2C)c(=O)c(C#N)c1C. The highest BCUT2D eigenvalue weighted by atomic mass is 16.1. The van der Waals surface area contributed by atoms with E-state index in [9.17, 15) is 14.9 Å². The lowest BCUT2D eigenvalue weighted by molar-refractivity contribution is 0.0965. The van der Waals surface area contributed by atoms with Gasteiger partial charge in [0.05, 0.1) is 5.69 Å². The van der Waals surface area contributed by atoms with E-state index in [4.69, 9.17) is 0 Å². The van der Waals surface area contributed by atoms with Gasteiger partial charge in [-0.1, -0.05) is 32.9 Å². The number of rotatable bonds is 4. The molecule has 2 aromatic heterocycles. The van der Waals surface area contributed by atoms with Crippen molar-refractivity contribution in [2.24, 2.45) is 0 Å². The van der Waals surface area contributed by atoms with Crippen molar-refractivity contribution in [3.05, 3.63) is 80.0 Å². The summed E-state index contributed by atoms with van der Waals surface area (Å²) in [5.74, 6) is -0.215. The van der Waals surface area contributed by atoms with Gasteiger partial charge in [-0.25, -0.2) is 4.68 Å². The Morgan fingerprint density at radius 1 is 1.10 bits per heavy atom. The monoisotopic (exact) mass is 416 g/mol. The van der Waals surface area contributed by atoms with Crippen molar-refractivity contribution >= 4 is 5.78 Å². The summed E-state index contributed by atoms with van der Waals surface area (Å²) in [7, 11) is 0. The predicted octanol–water partition coefficient (Wildman–Crippen LogP) is 4.32. The molecule has 0 spiro atoms. The van der Waals surface area contributed by atoms with Crippen LogP contribution in [0.5, 0.6) is 0 Å². The molecule has 0 atom stereocenters. The van der Waals surface area contributed by atoms with Crippen molar-refractivity contribution in [2.45, 2.75) is 60.4 Å². The van der Waals surface area contributed by atoms with Crippen LogP contribution in [0.15, 0.2) is 35.1 Å². The lowest BCUT2D eigenvalue weighted by Crippen LogP contribution is -2.30. The minimum atomic E-state index is -0.537. The van der Waals surface area contributed by atoms with Gasteiger partial charge in [0.15, 0.2) is 5.78 Å². The summed E-state index contributed by atoms with van der Waals surface area (Å²) in [5, 5.41) is 13.5. The fourth-order valence-corrected chi connectivity index (χ4v) is 3.78. The standard InChI is InChI=1S/C25H28N4O2/c1-15-12-21(18(4)29(15)20-10-8-19(9-11-20)25(5,6)7)23(30)14-28-24(31)22(13-26)16(2)17(3)27-28/h8-12H,14H2,1-7H3. The highest BCUT2D eigenvalue weighted by Crippen LogP contribution is 2.26. The zero-order valence-electron chi connectivity index (χ0n) is 19.2. The average Bonchev–Trinajstić information content (AvgIpc) is 3.00. The number of benzene rings is 1. The number of hydrogen-bond acceptors (Lipinski definition) is 4. The summed E-state index contributed by atoms with van der Waals surface area (Å²) in [6, 6.07) is 12.1. The Balaban J connectivity index is 1.98. The van der Waals surface area contributed by atoms with Gasteiger partial charge in [0.2, 0.25) is 0 Å². The van der Waals surface area contributed by atoms with Crippen molar-refractivity contribution in [2.75, 3.05) is 0 Å². The fraction of sp³-hybridized carbons (Fsp3) is 0.360. The number of Topliss-reactive ketones (excluding diaryl/α,β-unsaturated/α-hetero) is 1. The Hall–Kier alpha value is -3.46. The maximum Gasteiger partial charge on any atom is 0.285 e. The van der Waals surface area contributed by atoms with Crippen LogP contribution in [0, 0.1) is 39.0 Å². The second kappa shape index (κ2) is 7.99. The Bertz CT molecular complexity index is 1260. The number of aromatic nitrogens is 3. The number of carbonyl (C=O) groups is 1. The van der Waals surface area contributed by atoms with Crippen molar-refractivity contribution in [1.82, 2.24) is 14.3 Å². The zero-order chi connectivity index (χ0) is 23.1. The van der Waals surface area contributed by atoms with Crippen LogP contribution in [0.3, 0.4) is 0 Å². The summed E-state index contributed by atoms with van der Waals surface area (Å²) in [5.41, 5.74) is 5.18. The van der Waals surface area contributed by atoms with Crippen LogP contribution in [0.1, 0.15) is 64.9 Å². The maximum atomic E-state index is 13.1. The molecule has 3 rings (SSSR count). The van der Waals surface area contributed by atoms with E-state index in [-0.39, 0.29) is 23.3 Å². The van der Waals surface area contributed by atoms with E-state index in [2.05, 4.69) is 50.1 Å². The van der Waals surface area contributed by atoms with Crippen molar-refractivity contribution in [3.8, 4) is 11.8 Å². The molecule has 31 heavy (non-hydrogen) atoms. The Morgan fingerprint density at radius 2 is 1.71 bits per heavy atom. The van der Waals surface area contributed by atoms with Crippen LogP contribution >= 0.6 is 0 Å². The average molecular weight is 417 g/mol. The third-order valence-corrected chi connectivity index (χ3v) is 5.76. The second-order valence-corrected chi connectivity index (χ2v) is 9.00. The van der Waals surface area contributed by atoms with Crippen molar-refractivity contribution in [1.29, 1.82) is 5.26 Å². The topological polar surface area (TPSA) is 80.7 Å². The Morgan fingerprint density at radius 3 is 2.26 bits per heavy atom. The van der Waals surface area contributed by atoms with Gasteiger partial charge >= 0.3 is 0 Å². The van der Waals surface area contributed by atoms with Crippen LogP contribution in [-0.2, 0) is 12.0 Å². The van der Waals surface area contributed by atoms with E-state index in [1.165, 1.54) is 5.56 Å². The smallest absolute Gasteiger partial charge is 0.285 e. The molecule has 0 aliphatic heterocycles. The summed E-state index contributed by atoms with van der Waals surface area (Å²) >= 11 is 0. The van der Waals surface area contributed by atoms with Crippen LogP contribution < -0.4 is 5.56 Å². The van der Waals surface area contributed by atoms with Gasteiger partial charge in [-0.2, -0.15) is 10.4 Å². The van der Waals surface area contributed by atoms with Gasteiger partial charge in [-0.05, 0) is 62.4 Å². The lowest BCUT2D eigenvalue weighted by Gasteiger charge is -2.20. The molecule has 6 heteroatoms. The van der Waals surface area contributed by atoms with E-state index >= 15 is 0 Å². The molecule has 0 radical (unpaired) electrons. The first kappa shape index (κ1) is 22.2. The maximum absolute atomic E-state index is 13.1. The van der Waals surface area contributed by atoms with E-state index < -0.39 is 5.56 Å². The van der Waals surface area contributed by atoms with Crippen molar-refractivity contribution < 1.29 is 4.79 Å². The molecule has 160 valence electrons. The van der Waals surface area contributed by atoms with Crippen LogP contribution in [0.4, 0.5) is 0 Å². The number of ketones is 1. The van der Waals surface area contributed by atoms with Crippen LogP contribution in [0.25, 0.3) is 5.69 Å². The second-order valence-electron chi connectivity index (χ2n) is 9.00. The highest BCUT2D eigenvalue weighted by molar-refractivity contribution is 5.97. The molecule has 6 nitrogen and oxygen atoms in total. The summed E-state index contributed by atoms with van der Waals surface area (Å²) in [6.45, 7) is 13.6. The molecule has 2 heterocycles. The molecule has 0 unspecified atom stereocenters. The molecule has 0 saturated carbocycles. The Kier molecular flexibility index (Phi) is 5.73. The summed E-state index contributed by atoms with van der Waals surface area (Å²) in [4.78, 5) is 25.6. The molecule has 0 saturated heterocycles. The third-order valence-electron chi connectivity index (χ3n) is 5.76. The van der Waals surface area contributed by atoms with Gasteiger partial charge < -0.3 is 4.57 Å². The van der Waals surface area contributed by atoms with E-state index in [0.29, 0.717) is 16.8 Å². The highest BCUT2D eigenvalue weighted by Gasteiger charge is 2.20. The first-order chi connectivity index (χ1) is 14.5. The number of carbonyl (C=O) groups excluding carboxylic acids is 1. The first-order valence-corrected chi connectivity index (χ1v) is 10.3. The Labute approximate surface area is 182 Å². The molecule has 1 aromatic carbocycles. The molecule has 0 N–H and O–H groups in total. The molecule has 0 bridgehead atoms. The van der Waals surface area contributed by atoms with Crippen LogP contribution in [0.2, 0.25) is 0 Å². The molecule has 0 amide bonds. The summed E-state index contributed by atoms with van der Waals surface area (Å²) < 4.78 is 3.13. The largest absolute Gasteiger partial charge is 0.318 e. The van der Waals surface area contributed by atoms with Crippen LogP contribution in [-0.4, -0.2) is 20.1 Å². The van der Waals surface area contributed by atoms with Gasteiger partial charge in [0.25, 0.3) is 5.56 Å². The molecule has 0 aliphatic carbocycles. The van der Waals surface area contributed by atoms with Gasteiger partial charge in [-0.3, -0.25) is 9.59 Å². The quantitative estimate of drug-likeness (QED) is 0.593. The van der Waals surface area contributed by atoms with Gasteiger partial charge in [0, 0.05) is 22.6 Å². The lowest BCUT2D eigenvalue weighted by atomic mass is 9.87. The zero-order valence-corrected chi connectivity index (χ0v) is 19.2. The van der Waals surface area contributed by atoms with E-state index in [1.807, 2.05) is 30.6 Å². The predicted molar refractivity (Wildman–Crippen MR) is 121 cm³/mol. The molecule has 0 fully saturated rings. The van der Waals surface area contributed by atoms with Gasteiger partial charge in [-0.15, -0.1) is 0 Å². The number of hydrogen-bond donors (Lipinski definition) is 0. The molecule has 3 aromatic rings. The molecular formula is C25H28N4O2. The first-order valence-electron chi connectivity index (χ1n) is 10.3. The van der Waals surface area contributed by atoms with E-state index in [0.717, 1.165) is 21.8 Å². The normalized spacial score (nSPS) is 11.4. The van der Waals surface area contributed by atoms with E-state index in [1.54, 1.807) is 13.8 Å². The fourth-order valence-electron chi connectivity index (χ4n) is 3.78. The molecular weight excluding hydrogens is 388 g/mol. The third kappa shape index (κ3) is 4.09. The number of nitrogens with zero attached hydrogens (tertiary/aromatic N) is 4. The minimum absolute atomic E-state index is 0.0321. The molecule has 0 aliphatic rings. The number of aryl methyl sites for hydroxylation is 2. The van der Waals surface area contributed by atoms with Gasteiger partial charge in [0.1, 0.15) is 18.2 Å². The van der Waals surface area contributed by atoms with Crippen molar-refractivity contribution in [3.63, 3.8) is 0 Å².